The zero-order chi connectivity index (χ0) is 12.1. The van der Waals surface area contributed by atoms with Crippen molar-refractivity contribution in [2.75, 3.05) is 14.2 Å². The normalized spacial score (nSPS) is 13.1. The van der Waals surface area contributed by atoms with Crippen molar-refractivity contribution in [2.45, 2.75) is 18.8 Å². The number of hydrogen-bond donors (Lipinski definition) is 1. The zero-order valence-electron chi connectivity index (χ0n) is 9.11. The molecule has 0 aliphatic carbocycles. The lowest BCUT2D eigenvalue weighted by Crippen LogP contribution is -2.31. The van der Waals surface area contributed by atoms with Crippen LogP contribution in [0.4, 0.5) is 4.39 Å². The monoisotopic (exact) mass is 292 g/mol. The van der Waals surface area contributed by atoms with Crippen LogP contribution in [0.5, 0.6) is 0 Å². The lowest BCUT2D eigenvalue weighted by molar-refractivity contribution is -0.163. The van der Waals surface area contributed by atoms with Gasteiger partial charge in [-0.1, -0.05) is 6.07 Å². The first-order valence-electron chi connectivity index (χ1n) is 4.76. The number of ether oxygens (including phenoxy) is 2. The van der Waals surface area contributed by atoms with E-state index in [2.05, 4.69) is 15.9 Å². The molecular formula is C11H14BrFO3. The fraction of sp³-hybridized carbons (Fsp3) is 0.455. The molecule has 1 aromatic rings. The summed E-state index contributed by atoms with van der Waals surface area (Å²) in [4.78, 5) is 0. The summed E-state index contributed by atoms with van der Waals surface area (Å²) in [5.74, 6) is -0.326. The van der Waals surface area contributed by atoms with Gasteiger partial charge in [0.15, 0.2) is 6.29 Å². The van der Waals surface area contributed by atoms with E-state index in [9.17, 15) is 9.50 Å². The van der Waals surface area contributed by atoms with Crippen molar-refractivity contribution in [3.63, 3.8) is 0 Å². The molecule has 0 heterocycles. The van der Waals surface area contributed by atoms with Gasteiger partial charge in [-0.3, -0.25) is 0 Å². The maximum Gasteiger partial charge on any atom is 0.183 e. The number of halogens is 2. The standard InChI is InChI=1S/C11H14BrFO3/c1-15-11(16-2)10(14)6-7-3-4-9(13)8(12)5-7/h3-5,10-11,14H,6H2,1-2H3. The molecule has 3 nitrogen and oxygen atoms in total. The van der Waals surface area contributed by atoms with Gasteiger partial charge in [0.2, 0.25) is 0 Å². The lowest BCUT2D eigenvalue weighted by Gasteiger charge is -2.19. The zero-order valence-corrected chi connectivity index (χ0v) is 10.7. The minimum Gasteiger partial charge on any atom is -0.387 e. The highest BCUT2D eigenvalue weighted by atomic mass is 79.9. The van der Waals surface area contributed by atoms with Gasteiger partial charge in [0.25, 0.3) is 0 Å². The highest BCUT2D eigenvalue weighted by Gasteiger charge is 2.18. The van der Waals surface area contributed by atoms with E-state index >= 15 is 0 Å². The summed E-state index contributed by atoms with van der Waals surface area (Å²) in [6.45, 7) is 0. The van der Waals surface area contributed by atoms with Gasteiger partial charge in [-0.05, 0) is 33.6 Å². The predicted octanol–water partition coefficient (Wildman–Crippen LogP) is 2.11. The summed E-state index contributed by atoms with van der Waals surface area (Å²) in [5.41, 5.74) is 0.805. The van der Waals surface area contributed by atoms with E-state index in [1.54, 1.807) is 12.1 Å². The molecule has 1 unspecified atom stereocenters. The second-order valence-corrected chi connectivity index (χ2v) is 4.21. The Kier molecular flexibility index (Phi) is 5.34. The van der Waals surface area contributed by atoms with E-state index in [1.807, 2.05) is 0 Å². The van der Waals surface area contributed by atoms with Crippen molar-refractivity contribution in [2.24, 2.45) is 0 Å². The molecule has 0 aromatic heterocycles. The predicted molar refractivity (Wildman–Crippen MR) is 61.6 cm³/mol. The van der Waals surface area contributed by atoms with E-state index in [0.29, 0.717) is 10.9 Å². The van der Waals surface area contributed by atoms with Crippen molar-refractivity contribution < 1.29 is 19.0 Å². The number of aliphatic hydroxyl groups excluding tert-OH is 1. The van der Waals surface area contributed by atoms with Gasteiger partial charge >= 0.3 is 0 Å². The molecule has 1 rings (SSSR count). The Bertz CT molecular complexity index is 342. The van der Waals surface area contributed by atoms with Crippen LogP contribution in [-0.2, 0) is 15.9 Å². The molecule has 0 saturated carbocycles. The number of methoxy groups -OCH3 is 2. The molecule has 1 atom stereocenters. The topological polar surface area (TPSA) is 38.7 Å². The summed E-state index contributed by atoms with van der Waals surface area (Å²) >= 11 is 3.09. The van der Waals surface area contributed by atoms with Crippen LogP contribution in [0.25, 0.3) is 0 Å². The van der Waals surface area contributed by atoms with Gasteiger partial charge in [-0.2, -0.15) is 0 Å². The molecule has 16 heavy (non-hydrogen) atoms. The van der Waals surface area contributed by atoms with Gasteiger partial charge in [0, 0.05) is 20.6 Å². The Balaban J connectivity index is 2.69. The van der Waals surface area contributed by atoms with E-state index < -0.39 is 12.4 Å². The fourth-order valence-electron chi connectivity index (χ4n) is 1.41. The molecule has 0 bridgehead atoms. The summed E-state index contributed by atoms with van der Waals surface area (Å²) < 4.78 is 23.2. The molecule has 0 aliphatic heterocycles. The number of benzene rings is 1. The van der Waals surface area contributed by atoms with Crippen molar-refractivity contribution in [3.8, 4) is 0 Å². The first kappa shape index (κ1) is 13.6. The maximum atomic E-state index is 13.0. The molecule has 1 N–H and O–H groups in total. The minimum absolute atomic E-state index is 0.326. The van der Waals surface area contributed by atoms with E-state index in [1.165, 1.54) is 20.3 Å². The smallest absolute Gasteiger partial charge is 0.183 e. The molecule has 5 heteroatoms. The van der Waals surface area contributed by atoms with Gasteiger partial charge < -0.3 is 14.6 Å². The van der Waals surface area contributed by atoms with Gasteiger partial charge in [-0.25, -0.2) is 4.39 Å². The maximum absolute atomic E-state index is 13.0. The highest BCUT2D eigenvalue weighted by molar-refractivity contribution is 9.10. The molecule has 0 amide bonds. The third-order valence-electron chi connectivity index (χ3n) is 2.21. The average Bonchev–Trinajstić information content (AvgIpc) is 2.25. The Labute approximate surface area is 102 Å². The first-order chi connectivity index (χ1) is 7.58. The summed E-state index contributed by atoms with van der Waals surface area (Å²) in [7, 11) is 2.91. The SMILES string of the molecule is COC(OC)C(O)Cc1ccc(F)c(Br)c1. The Morgan fingerprint density at radius 1 is 1.38 bits per heavy atom. The minimum atomic E-state index is -0.785. The van der Waals surface area contributed by atoms with Crippen molar-refractivity contribution in [1.82, 2.24) is 0 Å². The van der Waals surface area contributed by atoms with Gasteiger partial charge in [0.05, 0.1) is 4.47 Å². The molecule has 0 saturated heterocycles. The van der Waals surface area contributed by atoms with E-state index in [0.717, 1.165) is 5.56 Å². The second kappa shape index (κ2) is 6.30. The van der Waals surface area contributed by atoms with Crippen LogP contribution in [0, 0.1) is 5.82 Å². The number of hydrogen-bond acceptors (Lipinski definition) is 3. The van der Waals surface area contributed by atoms with Gasteiger partial charge in [-0.15, -0.1) is 0 Å². The van der Waals surface area contributed by atoms with Crippen LogP contribution in [0.1, 0.15) is 5.56 Å². The van der Waals surface area contributed by atoms with Crippen molar-refractivity contribution >= 4 is 15.9 Å². The Morgan fingerprint density at radius 3 is 2.50 bits per heavy atom. The van der Waals surface area contributed by atoms with Gasteiger partial charge in [0.1, 0.15) is 11.9 Å². The lowest BCUT2D eigenvalue weighted by atomic mass is 10.1. The summed E-state index contributed by atoms with van der Waals surface area (Å²) in [6, 6.07) is 4.59. The van der Waals surface area contributed by atoms with Crippen molar-refractivity contribution in [1.29, 1.82) is 0 Å². The highest BCUT2D eigenvalue weighted by Crippen LogP contribution is 2.18. The molecule has 0 spiro atoms. The molecule has 1 aromatic carbocycles. The Hall–Kier alpha value is -0.490. The van der Waals surface area contributed by atoms with Crippen molar-refractivity contribution in [3.05, 3.63) is 34.1 Å². The molecular weight excluding hydrogens is 279 g/mol. The first-order valence-corrected chi connectivity index (χ1v) is 5.55. The van der Waals surface area contributed by atoms with Crippen LogP contribution >= 0.6 is 15.9 Å². The van der Waals surface area contributed by atoms with Crippen LogP contribution in [0.2, 0.25) is 0 Å². The summed E-state index contributed by atoms with van der Waals surface area (Å²) in [6.07, 6.45) is -1.12. The largest absolute Gasteiger partial charge is 0.387 e. The van der Waals surface area contributed by atoms with Crippen LogP contribution < -0.4 is 0 Å². The molecule has 0 aliphatic rings. The molecule has 0 radical (unpaired) electrons. The van der Waals surface area contributed by atoms with E-state index in [4.69, 9.17) is 9.47 Å². The fourth-order valence-corrected chi connectivity index (χ4v) is 1.84. The number of aliphatic hydroxyl groups is 1. The van der Waals surface area contributed by atoms with Crippen LogP contribution in [0.3, 0.4) is 0 Å². The molecule has 90 valence electrons. The van der Waals surface area contributed by atoms with E-state index in [-0.39, 0.29) is 5.82 Å². The number of rotatable bonds is 5. The average molecular weight is 293 g/mol. The third kappa shape index (κ3) is 3.52. The third-order valence-corrected chi connectivity index (χ3v) is 2.82. The van der Waals surface area contributed by atoms with Crippen LogP contribution in [-0.4, -0.2) is 31.7 Å². The molecule has 0 fully saturated rings. The summed E-state index contributed by atoms with van der Waals surface area (Å²) in [5, 5.41) is 9.76. The Morgan fingerprint density at radius 2 is 2.00 bits per heavy atom. The second-order valence-electron chi connectivity index (χ2n) is 3.36. The van der Waals surface area contributed by atoms with Crippen LogP contribution in [0.15, 0.2) is 22.7 Å². The quantitative estimate of drug-likeness (QED) is 0.845.